The van der Waals surface area contributed by atoms with Gasteiger partial charge in [0.2, 0.25) is 5.91 Å². The molecule has 1 atom stereocenters. The number of carbonyl (C=O) groups excluding carboxylic acids is 1. The second-order valence-corrected chi connectivity index (χ2v) is 5.13. The van der Waals surface area contributed by atoms with Crippen LogP contribution in [0.2, 0.25) is 0 Å². The molecular formula is C13H24N4O. The molecule has 0 bridgehead atoms. The van der Waals surface area contributed by atoms with Gasteiger partial charge in [-0.15, -0.1) is 0 Å². The maximum Gasteiger partial charge on any atom is 0.225 e. The Kier molecular flexibility index (Phi) is 5.85. The van der Waals surface area contributed by atoms with E-state index in [1.807, 2.05) is 6.07 Å². The molecule has 18 heavy (non-hydrogen) atoms. The van der Waals surface area contributed by atoms with Gasteiger partial charge in [0.1, 0.15) is 0 Å². The van der Waals surface area contributed by atoms with Crippen molar-refractivity contribution in [1.82, 2.24) is 10.2 Å². The lowest BCUT2D eigenvalue weighted by atomic mass is 10.0. The number of nitrogens with two attached hydrogens (primary N) is 1. The lowest BCUT2D eigenvalue weighted by Crippen LogP contribution is -2.14. The number of carbonyl (C=O) groups is 1. The fourth-order valence-electron chi connectivity index (χ4n) is 1.71. The van der Waals surface area contributed by atoms with Gasteiger partial charge >= 0.3 is 0 Å². The number of anilines is 1. The SMILES string of the molecule is CC(CCN)CCC(=O)Nc1cc(C(C)C)[nH]n1. The van der Waals surface area contributed by atoms with E-state index in [9.17, 15) is 4.79 Å². The average molecular weight is 252 g/mol. The molecule has 0 saturated heterocycles. The summed E-state index contributed by atoms with van der Waals surface area (Å²) in [5.41, 5.74) is 6.51. The van der Waals surface area contributed by atoms with E-state index in [0.717, 1.165) is 18.5 Å². The molecule has 0 fully saturated rings. The summed E-state index contributed by atoms with van der Waals surface area (Å²) in [6.45, 7) is 6.95. The smallest absolute Gasteiger partial charge is 0.225 e. The quantitative estimate of drug-likeness (QED) is 0.695. The number of aromatic amines is 1. The summed E-state index contributed by atoms with van der Waals surface area (Å²) in [5.74, 6) is 1.50. The number of amides is 1. The van der Waals surface area contributed by atoms with Crippen LogP contribution < -0.4 is 11.1 Å². The summed E-state index contributed by atoms with van der Waals surface area (Å²) in [4.78, 5) is 11.7. The van der Waals surface area contributed by atoms with Crippen molar-refractivity contribution in [2.24, 2.45) is 11.7 Å². The second kappa shape index (κ2) is 7.16. The van der Waals surface area contributed by atoms with Gasteiger partial charge in [-0.05, 0) is 31.2 Å². The van der Waals surface area contributed by atoms with E-state index >= 15 is 0 Å². The van der Waals surface area contributed by atoms with Gasteiger partial charge in [-0.1, -0.05) is 20.8 Å². The van der Waals surface area contributed by atoms with Crippen LogP contribution in [0.15, 0.2) is 6.07 Å². The maximum atomic E-state index is 11.7. The highest BCUT2D eigenvalue weighted by Crippen LogP contribution is 2.15. The number of nitrogens with zero attached hydrogens (tertiary/aromatic N) is 1. The Hall–Kier alpha value is -1.36. The average Bonchev–Trinajstić information content (AvgIpc) is 2.75. The van der Waals surface area contributed by atoms with E-state index in [0.29, 0.717) is 30.6 Å². The highest BCUT2D eigenvalue weighted by molar-refractivity contribution is 5.89. The summed E-state index contributed by atoms with van der Waals surface area (Å²) in [5, 5.41) is 9.78. The first-order valence-corrected chi connectivity index (χ1v) is 6.58. The van der Waals surface area contributed by atoms with E-state index < -0.39 is 0 Å². The van der Waals surface area contributed by atoms with Crippen molar-refractivity contribution in [1.29, 1.82) is 0 Å². The molecule has 4 N–H and O–H groups in total. The number of H-pyrrole nitrogens is 1. The topological polar surface area (TPSA) is 83.8 Å². The maximum absolute atomic E-state index is 11.7. The summed E-state index contributed by atoms with van der Waals surface area (Å²) in [6.07, 6.45) is 2.35. The Morgan fingerprint density at radius 2 is 2.17 bits per heavy atom. The summed E-state index contributed by atoms with van der Waals surface area (Å²) >= 11 is 0. The molecule has 0 aliphatic rings. The Labute approximate surface area is 109 Å². The van der Waals surface area contributed by atoms with Crippen molar-refractivity contribution < 1.29 is 4.79 Å². The molecule has 102 valence electrons. The third-order valence-corrected chi connectivity index (χ3v) is 3.01. The zero-order valence-corrected chi connectivity index (χ0v) is 11.5. The molecule has 1 amide bonds. The lowest BCUT2D eigenvalue weighted by Gasteiger charge is -2.08. The number of rotatable bonds is 7. The first kappa shape index (κ1) is 14.7. The van der Waals surface area contributed by atoms with Gasteiger partial charge in [0, 0.05) is 18.2 Å². The standard InChI is InChI=1S/C13H24N4O/c1-9(2)11-8-12(17-16-11)15-13(18)5-4-10(3)6-7-14/h8-10H,4-7,14H2,1-3H3,(H2,15,16,17,18). The van der Waals surface area contributed by atoms with Crippen LogP contribution in [0.3, 0.4) is 0 Å². The molecule has 1 aromatic heterocycles. The first-order chi connectivity index (χ1) is 8.52. The lowest BCUT2D eigenvalue weighted by molar-refractivity contribution is -0.116. The van der Waals surface area contributed by atoms with Crippen LogP contribution in [0.5, 0.6) is 0 Å². The Balaban J connectivity index is 2.35. The van der Waals surface area contributed by atoms with Crippen LogP contribution in [-0.2, 0) is 4.79 Å². The predicted molar refractivity (Wildman–Crippen MR) is 73.4 cm³/mol. The zero-order valence-electron chi connectivity index (χ0n) is 11.5. The Morgan fingerprint density at radius 1 is 1.44 bits per heavy atom. The van der Waals surface area contributed by atoms with Gasteiger partial charge in [-0.2, -0.15) is 5.10 Å². The molecule has 0 aromatic carbocycles. The first-order valence-electron chi connectivity index (χ1n) is 6.58. The van der Waals surface area contributed by atoms with Crippen molar-refractivity contribution in [3.05, 3.63) is 11.8 Å². The molecule has 5 nitrogen and oxygen atoms in total. The van der Waals surface area contributed by atoms with Crippen molar-refractivity contribution in [3.63, 3.8) is 0 Å². The van der Waals surface area contributed by atoms with Gasteiger partial charge < -0.3 is 11.1 Å². The van der Waals surface area contributed by atoms with E-state index in [1.54, 1.807) is 0 Å². The Bertz CT molecular complexity index is 373. The van der Waals surface area contributed by atoms with Gasteiger partial charge in [0.05, 0.1) is 0 Å². The van der Waals surface area contributed by atoms with Gasteiger partial charge in [-0.25, -0.2) is 0 Å². The van der Waals surface area contributed by atoms with Crippen LogP contribution in [0.4, 0.5) is 5.82 Å². The number of hydrogen-bond acceptors (Lipinski definition) is 3. The van der Waals surface area contributed by atoms with Gasteiger partial charge in [0.15, 0.2) is 5.82 Å². The molecule has 1 unspecified atom stereocenters. The van der Waals surface area contributed by atoms with Crippen molar-refractivity contribution >= 4 is 11.7 Å². The monoisotopic (exact) mass is 252 g/mol. The molecule has 0 aliphatic heterocycles. The number of nitrogens with one attached hydrogen (secondary N) is 2. The van der Waals surface area contributed by atoms with E-state index in [1.165, 1.54) is 0 Å². The third-order valence-electron chi connectivity index (χ3n) is 3.01. The number of hydrogen-bond donors (Lipinski definition) is 3. The highest BCUT2D eigenvalue weighted by atomic mass is 16.1. The van der Waals surface area contributed by atoms with Crippen LogP contribution >= 0.6 is 0 Å². The fraction of sp³-hybridized carbons (Fsp3) is 0.692. The van der Waals surface area contributed by atoms with Gasteiger partial charge in [-0.3, -0.25) is 9.89 Å². The highest BCUT2D eigenvalue weighted by Gasteiger charge is 2.09. The minimum absolute atomic E-state index is 0.0145. The van der Waals surface area contributed by atoms with Crippen LogP contribution in [-0.4, -0.2) is 22.6 Å². The van der Waals surface area contributed by atoms with Crippen molar-refractivity contribution in [2.45, 2.75) is 46.0 Å². The number of aromatic nitrogens is 2. The Morgan fingerprint density at radius 3 is 2.72 bits per heavy atom. The molecule has 0 spiro atoms. The predicted octanol–water partition coefficient (Wildman–Crippen LogP) is 2.24. The molecule has 0 saturated carbocycles. The van der Waals surface area contributed by atoms with Crippen LogP contribution in [0.25, 0.3) is 0 Å². The summed E-state index contributed by atoms with van der Waals surface area (Å²) in [7, 11) is 0. The van der Waals surface area contributed by atoms with Crippen molar-refractivity contribution in [2.75, 3.05) is 11.9 Å². The molecule has 1 heterocycles. The van der Waals surface area contributed by atoms with Crippen molar-refractivity contribution in [3.8, 4) is 0 Å². The van der Waals surface area contributed by atoms with E-state index in [4.69, 9.17) is 5.73 Å². The van der Waals surface area contributed by atoms with Crippen LogP contribution in [0, 0.1) is 5.92 Å². The molecule has 1 aromatic rings. The minimum Gasteiger partial charge on any atom is -0.330 e. The summed E-state index contributed by atoms with van der Waals surface area (Å²) in [6, 6.07) is 1.88. The molecular weight excluding hydrogens is 228 g/mol. The van der Waals surface area contributed by atoms with E-state index in [-0.39, 0.29) is 5.91 Å². The van der Waals surface area contributed by atoms with E-state index in [2.05, 4.69) is 36.3 Å². The minimum atomic E-state index is 0.0145. The van der Waals surface area contributed by atoms with Crippen LogP contribution in [0.1, 0.15) is 51.6 Å². The summed E-state index contributed by atoms with van der Waals surface area (Å²) < 4.78 is 0. The second-order valence-electron chi connectivity index (χ2n) is 5.13. The molecule has 0 radical (unpaired) electrons. The molecule has 1 rings (SSSR count). The third kappa shape index (κ3) is 4.87. The zero-order chi connectivity index (χ0) is 13.5. The molecule has 0 aliphatic carbocycles. The van der Waals surface area contributed by atoms with Gasteiger partial charge in [0.25, 0.3) is 0 Å². The fourth-order valence-corrected chi connectivity index (χ4v) is 1.71. The molecule has 5 heteroatoms. The normalized spacial score (nSPS) is 12.7. The largest absolute Gasteiger partial charge is 0.330 e.